The second-order valence-electron chi connectivity index (χ2n) is 7.41. The van der Waals surface area contributed by atoms with Crippen LogP contribution in [0.2, 0.25) is 0 Å². The standard InChI is InChI=1S/C24H20Br2N2O4S2/c1-4-32-23(31)19-12(2)27-24-28(20(19)14-5-7-15(33-3)8-6-14)22(30)18(34-24)11-13-9-16(25)21(29)17(26)10-13/h5-11,20,29H,4H2,1-3H3/b18-11-/t20-/m0/s1. The zero-order valence-electron chi connectivity index (χ0n) is 18.5. The molecule has 2 aromatic carbocycles. The van der Waals surface area contributed by atoms with Crippen LogP contribution < -0.4 is 14.9 Å². The van der Waals surface area contributed by atoms with E-state index in [1.54, 1.807) is 48.4 Å². The van der Waals surface area contributed by atoms with Gasteiger partial charge in [0.25, 0.3) is 5.56 Å². The summed E-state index contributed by atoms with van der Waals surface area (Å²) in [5.74, 6) is -0.398. The second-order valence-corrected chi connectivity index (χ2v) is 11.0. The number of esters is 1. The highest BCUT2D eigenvalue weighted by Crippen LogP contribution is 2.34. The Kier molecular flexibility index (Phi) is 7.51. The molecular weight excluding hydrogens is 604 g/mol. The molecule has 3 aromatic rings. The van der Waals surface area contributed by atoms with Gasteiger partial charge in [0, 0.05) is 4.90 Å². The zero-order valence-corrected chi connectivity index (χ0v) is 23.3. The van der Waals surface area contributed by atoms with Crippen molar-refractivity contribution in [3.63, 3.8) is 0 Å². The van der Waals surface area contributed by atoms with Crippen molar-refractivity contribution in [3.8, 4) is 5.75 Å². The van der Waals surface area contributed by atoms with Crippen LogP contribution in [0.15, 0.2) is 71.3 Å². The summed E-state index contributed by atoms with van der Waals surface area (Å²) < 4.78 is 8.37. The number of allylic oxidation sites excluding steroid dienone is 1. The average Bonchev–Trinajstić information content (AvgIpc) is 3.11. The number of phenols is 1. The summed E-state index contributed by atoms with van der Waals surface area (Å²) in [7, 11) is 0. The lowest BCUT2D eigenvalue weighted by molar-refractivity contribution is -0.139. The highest BCUT2D eigenvalue weighted by molar-refractivity contribution is 9.11. The number of aromatic nitrogens is 1. The van der Waals surface area contributed by atoms with Crippen molar-refractivity contribution < 1.29 is 14.6 Å². The SMILES string of the molecule is CCOC(=O)C1=C(C)N=c2s/c(=C\c3cc(Br)c(O)c(Br)c3)c(=O)n2[C@H]1c1ccc(SC)cc1. The van der Waals surface area contributed by atoms with Crippen LogP contribution in [-0.2, 0) is 9.53 Å². The number of rotatable bonds is 5. The molecule has 0 amide bonds. The van der Waals surface area contributed by atoms with E-state index in [1.807, 2.05) is 30.5 Å². The van der Waals surface area contributed by atoms with Gasteiger partial charge in [0.15, 0.2) is 4.80 Å². The fourth-order valence-corrected chi connectivity index (χ4v) is 6.39. The largest absolute Gasteiger partial charge is 0.506 e. The maximum atomic E-state index is 13.6. The Morgan fingerprint density at radius 1 is 1.26 bits per heavy atom. The summed E-state index contributed by atoms with van der Waals surface area (Å²) in [6.45, 7) is 3.74. The minimum Gasteiger partial charge on any atom is -0.506 e. The van der Waals surface area contributed by atoms with Gasteiger partial charge >= 0.3 is 5.97 Å². The van der Waals surface area contributed by atoms with Crippen molar-refractivity contribution in [1.82, 2.24) is 4.57 Å². The molecule has 6 nitrogen and oxygen atoms in total. The smallest absolute Gasteiger partial charge is 0.338 e. The third-order valence-corrected chi connectivity index (χ3v) is 8.22. The van der Waals surface area contributed by atoms with Gasteiger partial charge in [-0.2, -0.15) is 0 Å². The molecule has 1 aliphatic heterocycles. The van der Waals surface area contributed by atoms with E-state index < -0.39 is 12.0 Å². The number of ether oxygens (including phenoxy) is 1. The molecule has 1 aliphatic rings. The van der Waals surface area contributed by atoms with Crippen LogP contribution in [0.4, 0.5) is 0 Å². The molecule has 34 heavy (non-hydrogen) atoms. The molecule has 0 saturated heterocycles. The number of carbonyl (C=O) groups excluding carboxylic acids is 1. The van der Waals surface area contributed by atoms with Crippen molar-refractivity contribution in [2.45, 2.75) is 24.8 Å². The first kappa shape index (κ1) is 25.0. The minimum atomic E-state index is -0.647. The van der Waals surface area contributed by atoms with E-state index >= 15 is 0 Å². The molecule has 0 bridgehead atoms. The number of thiazole rings is 1. The van der Waals surface area contributed by atoms with E-state index in [1.165, 1.54) is 11.3 Å². The van der Waals surface area contributed by atoms with E-state index in [0.717, 1.165) is 16.0 Å². The molecule has 0 saturated carbocycles. The van der Waals surface area contributed by atoms with Crippen LogP contribution in [-0.4, -0.2) is 28.5 Å². The topological polar surface area (TPSA) is 80.9 Å². The number of halogens is 2. The van der Waals surface area contributed by atoms with Gasteiger partial charge in [-0.15, -0.1) is 11.8 Å². The number of nitrogens with zero attached hydrogens (tertiary/aromatic N) is 2. The highest BCUT2D eigenvalue weighted by Gasteiger charge is 2.33. The van der Waals surface area contributed by atoms with Crippen LogP contribution in [0.3, 0.4) is 0 Å². The predicted molar refractivity (Wildman–Crippen MR) is 142 cm³/mol. The summed E-state index contributed by atoms with van der Waals surface area (Å²) in [5.41, 5.74) is 2.16. The molecule has 0 fully saturated rings. The fourth-order valence-electron chi connectivity index (χ4n) is 3.71. The quantitative estimate of drug-likeness (QED) is 0.328. The lowest BCUT2D eigenvalue weighted by atomic mass is 9.96. The van der Waals surface area contributed by atoms with Crippen LogP contribution >= 0.6 is 55.0 Å². The first-order chi connectivity index (χ1) is 16.2. The van der Waals surface area contributed by atoms with Gasteiger partial charge in [-0.25, -0.2) is 9.79 Å². The first-order valence-corrected chi connectivity index (χ1v) is 13.9. The zero-order chi connectivity index (χ0) is 24.6. The molecule has 1 N–H and O–H groups in total. The molecular formula is C24H20Br2N2O4S2. The molecule has 0 aliphatic carbocycles. The molecule has 0 radical (unpaired) electrons. The molecule has 1 atom stereocenters. The molecule has 0 spiro atoms. The molecule has 10 heteroatoms. The number of carbonyl (C=O) groups is 1. The van der Waals surface area contributed by atoms with Crippen LogP contribution in [0.5, 0.6) is 5.75 Å². The van der Waals surface area contributed by atoms with Gasteiger partial charge in [-0.05, 0) is 93.4 Å². The Morgan fingerprint density at radius 2 is 1.91 bits per heavy atom. The third-order valence-electron chi connectivity index (χ3n) is 5.29. The van der Waals surface area contributed by atoms with E-state index in [9.17, 15) is 14.7 Å². The second kappa shape index (κ2) is 10.2. The molecule has 1 aromatic heterocycles. The molecule has 4 rings (SSSR count). The summed E-state index contributed by atoms with van der Waals surface area (Å²) in [5, 5.41) is 10.00. The lowest BCUT2D eigenvalue weighted by Crippen LogP contribution is -2.39. The van der Waals surface area contributed by atoms with Crippen molar-refractivity contribution in [2.75, 3.05) is 12.9 Å². The Morgan fingerprint density at radius 3 is 2.50 bits per heavy atom. The van der Waals surface area contributed by atoms with Gasteiger partial charge in [-0.1, -0.05) is 23.5 Å². The number of phenolic OH excluding ortho intramolecular Hbond substituents is 1. The Labute approximate surface area is 220 Å². The number of hydrogen-bond acceptors (Lipinski definition) is 7. The minimum absolute atomic E-state index is 0.0852. The number of hydrogen-bond donors (Lipinski definition) is 1. The summed E-state index contributed by atoms with van der Waals surface area (Å²) in [4.78, 5) is 32.8. The number of aromatic hydroxyl groups is 1. The van der Waals surface area contributed by atoms with E-state index in [0.29, 0.717) is 29.5 Å². The van der Waals surface area contributed by atoms with Gasteiger partial charge < -0.3 is 9.84 Å². The summed E-state index contributed by atoms with van der Waals surface area (Å²) >= 11 is 9.52. The lowest BCUT2D eigenvalue weighted by Gasteiger charge is -2.24. The van der Waals surface area contributed by atoms with E-state index in [4.69, 9.17) is 4.74 Å². The first-order valence-electron chi connectivity index (χ1n) is 10.3. The highest BCUT2D eigenvalue weighted by atomic mass is 79.9. The van der Waals surface area contributed by atoms with Crippen LogP contribution in [0.25, 0.3) is 6.08 Å². The van der Waals surface area contributed by atoms with Crippen LogP contribution in [0.1, 0.15) is 31.0 Å². The maximum absolute atomic E-state index is 13.6. The third kappa shape index (κ3) is 4.68. The van der Waals surface area contributed by atoms with Gasteiger partial charge in [0.2, 0.25) is 0 Å². The van der Waals surface area contributed by atoms with Crippen molar-refractivity contribution >= 4 is 67.0 Å². The van der Waals surface area contributed by atoms with Gasteiger partial charge in [0.1, 0.15) is 5.75 Å². The van der Waals surface area contributed by atoms with E-state index in [-0.39, 0.29) is 17.9 Å². The summed E-state index contributed by atoms with van der Waals surface area (Å²) in [6, 6.07) is 10.6. The number of benzene rings is 2. The molecule has 0 unspecified atom stereocenters. The average molecular weight is 624 g/mol. The fraction of sp³-hybridized carbons (Fsp3) is 0.208. The molecule has 176 valence electrons. The Bertz CT molecular complexity index is 1470. The summed E-state index contributed by atoms with van der Waals surface area (Å²) in [6.07, 6.45) is 3.74. The van der Waals surface area contributed by atoms with Crippen molar-refractivity contribution in [1.29, 1.82) is 0 Å². The Hall–Kier alpha value is -2.14. The normalized spacial score (nSPS) is 15.8. The number of fused-ring (bicyclic) bond motifs is 1. The monoisotopic (exact) mass is 622 g/mol. The van der Waals surface area contributed by atoms with Crippen LogP contribution in [0, 0.1) is 0 Å². The van der Waals surface area contributed by atoms with Gasteiger partial charge in [-0.3, -0.25) is 9.36 Å². The predicted octanol–water partition coefficient (Wildman–Crippen LogP) is 4.75. The maximum Gasteiger partial charge on any atom is 0.338 e. The van der Waals surface area contributed by atoms with Crippen molar-refractivity contribution in [3.05, 3.63) is 87.4 Å². The van der Waals surface area contributed by atoms with Crippen molar-refractivity contribution in [2.24, 2.45) is 4.99 Å². The molecule has 2 heterocycles. The van der Waals surface area contributed by atoms with E-state index in [2.05, 4.69) is 36.9 Å². The Balaban J connectivity index is 1.95. The van der Waals surface area contributed by atoms with Gasteiger partial charge in [0.05, 0.1) is 37.4 Å². The number of thioether (sulfide) groups is 1.